The molecule has 0 aromatic heterocycles. The average molecular weight is 113 g/mol. The van der Waals surface area contributed by atoms with Crippen molar-refractivity contribution in [1.82, 2.24) is 4.90 Å². The smallest absolute Gasteiger partial charge is 0.0991 e. The molecule has 8 heavy (non-hydrogen) atoms. The zero-order valence-electron chi connectivity index (χ0n) is 5.18. The van der Waals surface area contributed by atoms with E-state index in [0.717, 1.165) is 19.8 Å². The van der Waals surface area contributed by atoms with E-state index >= 15 is 0 Å². The van der Waals surface area contributed by atoms with Crippen LogP contribution in [0.2, 0.25) is 0 Å². The number of nitrogens with zero attached hydrogens (tertiary/aromatic N) is 1. The van der Waals surface area contributed by atoms with Gasteiger partial charge >= 0.3 is 0 Å². The Morgan fingerprint density at radius 1 is 1.75 bits per heavy atom. The van der Waals surface area contributed by atoms with E-state index in [1.54, 1.807) is 7.11 Å². The molecule has 1 saturated heterocycles. The van der Waals surface area contributed by atoms with Gasteiger partial charge in [0, 0.05) is 20.2 Å². The second kappa shape index (κ2) is 2.29. The van der Waals surface area contributed by atoms with Crippen molar-refractivity contribution in [3.8, 4) is 0 Å². The second-order valence-corrected chi connectivity index (χ2v) is 2.15. The third-order valence-corrected chi connectivity index (χ3v) is 1.21. The summed E-state index contributed by atoms with van der Waals surface area (Å²) in [6, 6.07) is 0. The topological polar surface area (TPSA) is 12.5 Å². The summed E-state index contributed by atoms with van der Waals surface area (Å²) in [7, 11) is 1.71. The average Bonchev–Trinajstić information content (AvgIpc) is 1.64. The van der Waals surface area contributed by atoms with Gasteiger partial charge in [0.1, 0.15) is 0 Å². The number of hydrogen-bond donors (Lipinski definition) is 0. The number of ether oxygens (including phenoxy) is 1. The summed E-state index contributed by atoms with van der Waals surface area (Å²) < 4.78 is 4.88. The highest BCUT2D eigenvalue weighted by Gasteiger charge is 2.16. The second-order valence-electron chi connectivity index (χ2n) is 2.15. The minimum Gasteiger partial charge on any atom is -0.369 e. The molecule has 1 heterocycles. The lowest BCUT2D eigenvalue weighted by Crippen LogP contribution is -2.40. The third-order valence-electron chi connectivity index (χ3n) is 1.21. The number of likely N-dealkylation sites (tertiary alicyclic amines) is 1. The van der Waals surface area contributed by atoms with Gasteiger partial charge in [0.05, 0.1) is 6.73 Å². The van der Waals surface area contributed by atoms with Gasteiger partial charge in [-0.3, -0.25) is 4.90 Å². The fourth-order valence-corrected chi connectivity index (χ4v) is 0.860. The molecule has 0 saturated carbocycles. The molecular formula is C6H11NO. The van der Waals surface area contributed by atoms with E-state index in [0.29, 0.717) is 0 Å². The summed E-state index contributed by atoms with van der Waals surface area (Å²) in [6.45, 7) is 6.59. The maximum Gasteiger partial charge on any atom is 0.0991 e. The van der Waals surface area contributed by atoms with Crippen molar-refractivity contribution in [2.75, 3.05) is 26.9 Å². The molecule has 2 nitrogen and oxygen atoms in total. The summed E-state index contributed by atoms with van der Waals surface area (Å²) in [5.41, 5.74) is 1.31. The first-order chi connectivity index (χ1) is 3.83. The van der Waals surface area contributed by atoms with E-state index in [-0.39, 0.29) is 0 Å². The van der Waals surface area contributed by atoms with Crippen molar-refractivity contribution in [1.29, 1.82) is 0 Å². The number of methoxy groups -OCH3 is 1. The van der Waals surface area contributed by atoms with E-state index in [4.69, 9.17) is 4.74 Å². The molecule has 0 spiro atoms. The van der Waals surface area contributed by atoms with Gasteiger partial charge in [-0.1, -0.05) is 6.58 Å². The minimum atomic E-state index is 0.749. The van der Waals surface area contributed by atoms with Crippen LogP contribution in [-0.4, -0.2) is 31.8 Å². The maximum atomic E-state index is 4.88. The van der Waals surface area contributed by atoms with Gasteiger partial charge < -0.3 is 4.74 Å². The van der Waals surface area contributed by atoms with Gasteiger partial charge in [0.2, 0.25) is 0 Å². The Balaban J connectivity index is 2.06. The Morgan fingerprint density at radius 2 is 2.38 bits per heavy atom. The molecule has 0 aliphatic carbocycles. The molecule has 0 unspecified atom stereocenters. The lowest BCUT2D eigenvalue weighted by Gasteiger charge is -2.31. The van der Waals surface area contributed by atoms with Crippen molar-refractivity contribution >= 4 is 0 Å². The van der Waals surface area contributed by atoms with Crippen molar-refractivity contribution < 1.29 is 4.74 Å². The molecule has 0 aromatic rings. The van der Waals surface area contributed by atoms with Crippen LogP contribution < -0.4 is 0 Å². The van der Waals surface area contributed by atoms with Crippen LogP contribution in [-0.2, 0) is 4.74 Å². The molecule has 1 aliphatic heterocycles. The fraction of sp³-hybridized carbons (Fsp3) is 0.667. The molecule has 0 radical (unpaired) electrons. The predicted molar refractivity (Wildman–Crippen MR) is 32.6 cm³/mol. The van der Waals surface area contributed by atoms with E-state index < -0.39 is 0 Å². The maximum absolute atomic E-state index is 4.88. The molecule has 0 N–H and O–H groups in total. The van der Waals surface area contributed by atoms with Crippen LogP contribution in [0, 0.1) is 0 Å². The third kappa shape index (κ3) is 1.08. The normalized spacial score (nSPS) is 20.9. The molecule has 2 heteroatoms. The Kier molecular flexibility index (Phi) is 1.65. The first-order valence-corrected chi connectivity index (χ1v) is 2.71. The van der Waals surface area contributed by atoms with E-state index in [1.807, 2.05) is 0 Å². The first-order valence-electron chi connectivity index (χ1n) is 2.71. The molecule has 0 bridgehead atoms. The summed E-state index contributed by atoms with van der Waals surface area (Å²) in [6.07, 6.45) is 0. The summed E-state index contributed by atoms with van der Waals surface area (Å²) >= 11 is 0. The zero-order chi connectivity index (χ0) is 5.98. The standard InChI is InChI=1S/C6H11NO/c1-6-3-7(4-6)5-8-2/h1,3-5H2,2H3. The fourth-order valence-electron chi connectivity index (χ4n) is 0.860. The molecule has 0 atom stereocenters. The van der Waals surface area contributed by atoms with Gasteiger partial charge in [-0.05, 0) is 5.57 Å². The van der Waals surface area contributed by atoms with Gasteiger partial charge in [0.15, 0.2) is 0 Å². The zero-order valence-corrected chi connectivity index (χ0v) is 5.18. The predicted octanol–water partition coefficient (Wildman–Crippen LogP) is 0.462. The van der Waals surface area contributed by atoms with Crippen LogP contribution in [0.3, 0.4) is 0 Å². The van der Waals surface area contributed by atoms with Crippen molar-refractivity contribution in [3.05, 3.63) is 12.2 Å². The quantitative estimate of drug-likeness (QED) is 0.482. The van der Waals surface area contributed by atoms with Crippen LogP contribution in [0.5, 0.6) is 0 Å². The summed E-state index contributed by atoms with van der Waals surface area (Å²) in [5, 5.41) is 0. The van der Waals surface area contributed by atoms with Gasteiger partial charge in [-0.25, -0.2) is 0 Å². The van der Waals surface area contributed by atoms with E-state index in [9.17, 15) is 0 Å². The Labute approximate surface area is 49.7 Å². The molecule has 1 rings (SSSR count). The monoisotopic (exact) mass is 113 g/mol. The molecule has 1 aliphatic rings. The van der Waals surface area contributed by atoms with Gasteiger partial charge in [0.25, 0.3) is 0 Å². The Hall–Kier alpha value is -0.340. The van der Waals surface area contributed by atoms with Crippen molar-refractivity contribution in [2.45, 2.75) is 0 Å². The van der Waals surface area contributed by atoms with E-state index in [2.05, 4.69) is 11.5 Å². The van der Waals surface area contributed by atoms with Crippen LogP contribution in [0.15, 0.2) is 12.2 Å². The van der Waals surface area contributed by atoms with Gasteiger partial charge in [-0.15, -0.1) is 0 Å². The highest BCUT2D eigenvalue weighted by atomic mass is 16.5. The van der Waals surface area contributed by atoms with Gasteiger partial charge in [-0.2, -0.15) is 0 Å². The molecule has 0 aromatic carbocycles. The Morgan fingerprint density at radius 3 is 2.75 bits per heavy atom. The molecule has 46 valence electrons. The van der Waals surface area contributed by atoms with Crippen LogP contribution in [0.1, 0.15) is 0 Å². The summed E-state index contributed by atoms with van der Waals surface area (Å²) in [4.78, 5) is 2.18. The lowest BCUT2D eigenvalue weighted by atomic mass is 10.1. The number of rotatable bonds is 2. The minimum absolute atomic E-state index is 0.749. The van der Waals surface area contributed by atoms with Crippen LogP contribution in [0.25, 0.3) is 0 Å². The molecule has 0 amide bonds. The SMILES string of the molecule is C=C1CN(COC)C1. The summed E-state index contributed by atoms with van der Waals surface area (Å²) in [5.74, 6) is 0. The lowest BCUT2D eigenvalue weighted by molar-refractivity contribution is 0.0516. The number of hydrogen-bond acceptors (Lipinski definition) is 2. The highest BCUT2D eigenvalue weighted by Crippen LogP contribution is 2.09. The van der Waals surface area contributed by atoms with Crippen molar-refractivity contribution in [2.24, 2.45) is 0 Å². The van der Waals surface area contributed by atoms with Crippen LogP contribution in [0.4, 0.5) is 0 Å². The molecule has 1 fully saturated rings. The van der Waals surface area contributed by atoms with Crippen molar-refractivity contribution in [3.63, 3.8) is 0 Å². The largest absolute Gasteiger partial charge is 0.369 e. The van der Waals surface area contributed by atoms with E-state index in [1.165, 1.54) is 5.57 Å². The Bertz CT molecular complexity index is 92.7. The molecular weight excluding hydrogens is 102 g/mol. The first kappa shape index (κ1) is 5.79. The highest BCUT2D eigenvalue weighted by molar-refractivity contribution is 5.08. The van der Waals surface area contributed by atoms with Crippen LogP contribution >= 0.6 is 0 Å².